The van der Waals surface area contributed by atoms with Gasteiger partial charge in [0.25, 0.3) is 0 Å². The van der Waals surface area contributed by atoms with Gasteiger partial charge >= 0.3 is 0 Å². The number of rotatable bonds is 1. The van der Waals surface area contributed by atoms with E-state index in [1.54, 1.807) is 0 Å². The fraction of sp³-hybridized carbons (Fsp3) is 0.562. The summed E-state index contributed by atoms with van der Waals surface area (Å²) in [6, 6.07) is 8.62. The minimum absolute atomic E-state index is 0.105. The molecule has 1 saturated carbocycles. The minimum atomic E-state index is -0.310. The second kappa shape index (κ2) is 4.30. The van der Waals surface area contributed by atoms with Crippen molar-refractivity contribution in [2.24, 2.45) is 0 Å². The summed E-state index contributed by atoms with van der Waals surface area (Å²) in [6.45, 7) is 1.91. The number of likely N-dealkylation sites (tertiary alicyclic amines) is 1. The summed E-state index contributed by atoms with van der Waals surface area (Å²) < 4.78 is 0. The molecule has 1 aromatic rings. The van der Waals surface area contributed by atoms with Crippen LogP contribution in [0.5, 0.6) is 0 Å². The molecule has 4 rings (SSSR count). The minimum Gasteiger partial charge on any atom is -0.393 e. The summed E-state index contributed by atoms with van der Waals surface area (Å²) in [4.78, 5) is 14.9. The Morgan fingerprint density at radius 1 is 1.20 bits per heavy atom. The molecule has 0 unspecified atom stereocenters. The van der Waals surface area contributed by atoms with Crippen molar-refractivity contribution >= 4 is 11.6 Å². The number of anilines is 1. The molecule has 106 valence electrons. The zero-order valence-corrected chi connectivity index (χ0v) is 11.5. The average molecular weight is 272 g/mol. The zero-order valence-electron chi connectivity index (χ0n) is 11.5. The SMILES string of the molecule is O=C1Nc2ccccc2C12CCN([C@H]1C[C@H](O)C1)CC2. The molecule has 2 N–H and O–H groups in total. The Bertz CT molecular complexity index is 543. The Balaban J connectivity index is 1.54. The van der Waals surface area contributed by atoms with E-state index in [2.05, 4.69) is 16.3 Å². The number of hydrogen-bond acceptors (Lipinski definition) is 3. The maximum Gasteiger partial charge on any atom is 0.235 e. The summed E-state index contributed by atoms with van der Waals surface area (Å²) in [6.07, 6.45) is 3.47. The molecule has 3 aliphatic rings. The van der Waals surface area contributed by atoms with Crippen LogP contribution < -0.4 is 5.32 Å². The Labute approximate surface area is 118 Å². The van der Waals surface area contributed by atoms with Gasteiger partial charge in [-0.1, -0.05) is 18.2 Å². The molecule has 4 heteroatoms. The van der Waals surface area contributed by atoms with E-state index >= 15 is 0 Å². The first-order valence-electron chi connectivity index (χ1n) is 7.52. The van der Waals surface area contributed by atoms with Gasteiger partial charge in [0.05, 0.1) is 11.5 Å². The summed E-state index contributed by atoms with van der Waals surface area (Å²) in [7, 11) is 0. The fourth-order valence-electron chi connectivity index (χ4n) is 4.00. The van der Waals surface area contributed by atoms with Gasteiger partial charge in [-0.15, -0.1) is 0 Å². The highest BCUT2D eigenvalue weighted by atomic mass is 16.3. The van der Waals surface area contributed by atoms with Crippen molar-refractivity contribution in [3.63, 3.8) is 0 Å². The third kappa shape index (κ3) is 1.64. The molecule has 1 amide bonds. The number of aliphatic hydroxyl groups excluding tert-OH is 1. The van der Waals surface area contributed by atoms with Crippen LogP contribution >= 0.6 is 0 Å². The highest BCUT2D eigenvalue weighted by molar-refractivity contribution is 6.06. The lowest BCUT2D eigenvalue weighted by molar-refractivity contribution is -0.123. The number of carbonyl (C=O) groups is 1. The predicted octanol–water partition coefficient (Wildman–Crippen LogP) is 1.50. The molecule has 2 fully saturated rings. The van der Waals surface area contributed by atoms with Gasteiger partial charge in [-0.3, -0.25) is 4.79 Å². The van der Waals surface area contributed by atoms with E-state index in [1.807, 2.05) is 18.2 Å². The second-order valence-corrected chi connectivity index (χ2v) is 6.40. The van der Waals surface area contributed by atoms with Crippen LogP contribution in [0.25, 0.3) is 0 Å². The molecule has 2 heterocycles. The van der Waals surface area contributed by atoms with E-state index < -0.39 is 0 Å². The summed E-state index contributed by atoms with van der Waals surface area (Å²) in [5, 5.41) is 12.5. The first-order valence-corrected chi connectivity index (χ1v) is 7.52. The third-order valence-electron chi connectivity index (χ3n) is 5.38. The fourth-order valence-corrected chi connectivity index (χ4v) is 4.00. The number of fused-ring (bicyclic) bond motifs is 2. The third-order valence-corrected chi connectivity index (χ3v) is 5.38. The smallest absolute Gasteiger partial charge is 0.235 e. The van der Waals surface area contributed by atoms with Gasteiger partial charge < -0.3 is 15.3 Å². The van der Waals surface area contributed by atoms with Crippen molar-refractivity contribution in [2.45, 2.75) is 43.2 Å². The zero-order chi connectivity index (χ0) is 13.7. The van der Waals surface area contributed by atoms with Gasteiger partial charge in [0.1, 0.15) is 0 Å². The van der Waals surface area contributed by atoms with Crippen LogP contribution in [0.4, 0.5) is 5.69 Å². The summed E-state index contributed by atoms with van der Waals surface area (Å²) in [5.41, 5.74) is 1.86. The Kier molecular flexibility index (Phi) is 2.66. The predicted molar refractivity (Wildman–Crippen MR) is 76.6 cm³/mol. The molecule has 0 atom stereocenters. The van der Waals surface area contributed by atoms with Crippen molar-refractivity contribution in [2.75, 3.05) is 18.4 Å². The molecule has 1 aromatic carbocycles. The van der Waals surface area contributed by atoms with Crippen LogP contribution in [0.2, 0.25) is 0 Å². The number of carbonyl (C=O) groups excluding carboxylic acids is 1. The number of nitrogens with zero attached hydrogens (tertiary/aromatic N) is 1. The van der Waals surface area contributed by atoms with Crippen molar-refractivity contribution in [3.8, 4) is 0 Å². The van der Waals surface area contributed by atoms with E-state index in [9.17, 15) is 9.90 Å². The van der Waals surface area contributed by atoms with Crippen LogP contribution in [-0.4, -0.2) is 41.1 Å². The van der Waals surface area contributed by atoms with Crippen molar-refractivity contribution in [3.05, 3.63) is 29.8 Å². The van der Waals surface area contributed by atoms with E-state index in [-0.39, 0.29) is 17.4 Å². The Morgan fingerprint density at radius 2 is 1.90 bits per heavy atom. The molecule has 1 spiro atoms. The molecule has 0 bridgehead atoms. The molecule has 0 radical (unpaired) electrons. The van der Waals surface area contributed by atoms with Crippen LogP contribution in [-0.2, 0) is 10.2 Å². The second-order valence-electron chi connectivity index (χ2n) is 6.40. The normalized spacial score (nSPS) is 31.8. The largest absolute Gasteiger partial charge is 0.393 e. The van der Waals surface area contributed by atoms with Crippen LogP contribution in [0.15, 0.2) is 24.3 Å². The lowest BCUT2D eigenvalue weighted by Crippen LogP contribution is -2.54. The maximum atomic E-state index is 12.5. The standard InChI is InChI=1S/C16H20N2O2/c19-12-9-11(10-12)18-7-5-16(6-8-18)13-3-1-2-4-14(13)17-15(16)20/h1-4,11-12,19H,5-10H2,(H,17,20)/t11-,12-. The lowest BCUT2D eigenvalue weighted by atomic mass is 9.72. The first-order chi connectivity index (χ1) is 9.69. The highest BCUT2D eigenvalue weighted by Crippen LogP contribution is 2.45. The number of aliphatic hydroxyl groups is 1. The molecular formula is C16H20N2O2. The number of para-hydroxylation sites is 1. The Morgan fingerprint density at radius 3 is 2.60 bits per heavy atom. The topological polar surface area (TPSA) is 52.6 Å². The Hall–Kier alpha value is -1.39. The number of hydrogen-bond donors (Lipinski definition) is 2. The van der Waals surface area contributed by atoms with Crippen molar-refractivity contribution in [1.29, 1.82) is 0 Å². The van der Waals surface area contributed by atoms with Crippen molar-refractivity contribution in [1.82, 2.24) is 4.90 Å². The molecule has 2 aliphatic heterocycles. The van der Waals surface area contributed by atoms with Gasteiger partial charge in [0.2, 0.25) is 5.91 Å². The van der Waals surface area contributed by atoms with Crippen LogP contribution in [0, 0.1) is 0 Å². The lowest BCUT2D eigenvalue weighted by Gasteiger charge is -2.46. The number of benzene rings is 1. The molecule has 1 aliphatic carbocycles. The molecule has 4 nitrogen and oxygen atoms in total. The van der Waals surface area contributed by atoms with E-state index in [0.717, 1.165) is 44.5 Å². The summed E-state index contributed by atoms with van der Waals surface area (Å²) >= 11 is 0. The van der Waals surface area contributed by atoms with Gasteiger partial charge in [0, 0.05) is 11.7 Å². The van der Waals surface area contributed by atoms with Crippen LogP contribution in [0.1, 0.15) is 31.2 Å². The van der Waals surface area contributed by atoms with Gasteiger partial charge in [-0.2, -0.15) is 0 Å². The van der Waals surface area contributed by atoms with Crippen molar-refractivity contribution < 1.29 is 9.90 Å². The van der Waals surface area contributed by atoms with E-state index in [4.69, 9.17) is 0 Å². The average Bonchev–Trinajstić information content (AvgIpc) is 2.70. The quantitative estimate of drug-likeness (QED) is 0.814. The maximum absolute atomic E-state index is 12.5. The molecule has 20 heavy (non-hydrogen) atoms. The van der Waals surface area contributed by atoms with Gasteiger partial charge in [-0.05, 0) is 50.4 Å². The van der Waals surface area contributed by atoms with Gasteiger partial charge in [-0.25, -0.2) is 0 Å². The number of nitrogens with one attached hydrogen (secondary N) is 1. The molecule has 1 saturated heterocycles. The highest BCUT2D eigenvalue weighted by Gasteiger charge is 2.49. The molecule has 0 aromatic heterocycles. The first kappa shape index (κ1) is 12.4. The van der Waals surface area contributed by atoms with Crippen LogP contribution in [0.3, 0.4) is 0 Å². The van der Waals surface area contributed by atoms with Gasteiger partial charge in [0.15, 0.2) is 0 Å². The number of amides is 1. The summed E-state index contributed by atoms with van der Waals surface area (Å²) in [5.74, 6) is 0.173. The molecular weight excluding hydrogens is 252 g/mol. The number of piperidine rings is 1. The van der Waals surface area contributed by atoms with E-state index in [0.29, 0.717) is 6.04 Å². The monoisotopic (exact) mass is 272 g/mol. The van der Waals surface area contributed by atoms with E-state index in [1.165, 1.54) is 5.56 Å².